The van der Waals surface area contributed by atoms with Gasteiger partial charge in [0.05, 0.1) is 11.2 Å². The topological polar surface area (TPSA) is 56.9 Å². The van der Waals surface area contributed by atoms with Crippen molar-refractivity contribution in [2.75, 3.05) is 0 Å². The molecule has 0 atom stereocenters. The minimum Gasteiger partial charge on any atom is -0.328 e. The first kappa shape index (κ1) is 18.8. The average molecular weight is 399 g/mol. The molecule has 0 unspecified atom stereocenters. The molecular formula is C25H25N3O2. The van der Waals surface area contributed by atoms with Gasteiger partial charge in [0.25, 0.3) is 5.56 Å². The SMILES string of the molecule is Cn1c2ccccc2c(=O)c2c(=O)n(-c3ccccc3)c(CC3CCCCC3)nc21. The molecule has 152 valence electrons. The lowest BCUT2D eigenvalue weighted by Crippen LogP contribution is -2.30. The molecule has 0 radical (unpaired) electrons. The van der Waals surface area contributed by atoms with Gasteiger partial charge in [-0.2, -0.15) is 0 Å². The Kier molecular flexibility index (Phi) is 4.74. The van der Waals surface area contributed by atoms with Crippen LogP contribution in [-0.4, -0.2) is 14.1 Å². The molecule has 2 aromatic heterocycles. The molecule has 1 aliphatic rings. The zero-order chi connectivity index (χ0) is 20.7. The lowest BCUT2D eigenvalue weighted by Gasteiger charge is -2.23. The number of benzene rings is 2. The van der Waals surface area contributed by atoms with Crippen molar-refractivity contribution in [2.45, 2.75) is 38.5 Å². The van der Waals surface area contributed by atoms with E-state index in [0.717, 1.165) is 23.4 Å². The predicted octanol–water partition coefficient (Wildman–Crippen LogP) is 4.36. The Hall–Kier alpha value is -3.21. The van der Waals surface area contributed by atoms with Crippen LogP contribution < -0.4 is 11.0 Å². The van der Waals surface area contributed by atoms with E-state index in [2.05, 4.69) is 0 Å². The van der Waals surface area contributed by atoms with Gasteiger partial charge in [-0.05, 0) is 30.2 Å². The highest BCUT2D eigenvalue weighted by Crippen LogP contribution is 2.27. The number of para-hydroxylation sites is 2. The van der Waals surface area contributed by atoms with Gasteiger partial charge >= 0.3 is 0 Å². The molecule has 2 aromatic carbocycles. The summed E-state index contributed by atoms with van der Waals surface area (Å²) >= 11 is 0. The van der Waals surface area contributed by atoms with Gasteiger partial charge in [-0.1, -0.05) is 62.4 Å². The summed E-state index contributed by atoms with van der Waals surface area (Å²) in [5, 5.41) is 0.707. The summed E-state index contributed by atoms with van der Waals surface area (Å²) in [5.74, 6) is 1.27. The molecule has 1 fully saturated rings. The van der Waals surface area contributed by atoms with Gasteiger partial charge in [-0.3, -0.25) is 14.2 Å². The molecule has 30 heavy (non-hydrogen) atoms. The van der Waals surface area contributed by atoms with Crippen molar-refractivity contribution < 1.29 is 0 Å². The Labute approximate surface area is 174 Å². The van der Waals surface area contributed by atoms with E-state index in [0.29, 0.717) is 17.0 Å². The molecule has 1 saturated carbocycles. The second-order valence-corrected chi connectivity index (χ2v) is 8.32. The fraction of sp³-hybridized carbons (Fsp3) is 0.320. The molecule has 0 bridgehead atoms. The van der Waals surface area contributed by atoms with Crippen LogP contribution in [0.2, 0.25) is 0 Å². The van der Waals surface area contributed by atoms with Gasteiger partial charge in [0.15, 0.2) is 5.65 Å². The van der Waals surface area contributed by atoms with E-state index >= 15 is 0 Å². The Morgan fingerprint density at radius 2 is 1.63 bits per heavy atom. The van der Waals surface area contributed by atoms with E-state index in [1.54, 1.807) is 10.6 Å². The second-order valence-electron chi connectivity index (χ2n) is 8.32. The molecule has 5 rings (SSSR count). The normalized spacial score (nSPS) is 15.1. The van der Waals surface area contributed by atoms with Crippen molar-refractivity contribution >= 4 is 21.9 Å². The van der Waals surface area contributed by atoms with E-state index in [4.69, 9.17) is 4.98 Å². The number of rotatable bonds is 3. The quantitative estimate of drug-likeness (QED) is 0.481. The first-order chi connectivity index (χ1) is 14.6. The number of aromatic nitrogens is 3. The molecule has 2 heterocycles. The van der Waals surface area contributed by atoms with Crippen LogP contribution in [0.15, 0.2) is 64.2 Å². The summed E-state index contributed by atoms with van der Waals surface area (Å²) in [6, 6.07) is 17.0. The van der Waals surface area contributed by atoms with Crippen molar-refractivity contribution in [1.82, 2.24) is 14.1 Å². The highest BCUT2D eigenvalue weighted by molar-refractivity contribution is 5.91. The number of aryl methyl sites for hydroxylation is 1. The molecule has 1 aliphatic carbocycles. The van der Waals surface area contributed by atoms with Gasteiger partial charge in [0.1, 0.15) is 11.2 Å². The Morgan fingerprint density at radius 3 is 2.40 bits per heavy atom. The van der Waals surface area contributed by atoms with Crippen LogP contribution in [0.1, 0.15) is 37.9 Å². The lowest BCUT2D eigenvalue weighted by molar-refractivity contribution is 0.349. The zero-order valence-corrected chi connectivity index (χ0v) is 17.2. The number of pyridine rings is 1. The number of nitrogens with zero attached hydrogens (tertiary/aromatic N) is 3. The molecule has 0 aliphatic heterocycles. The number of hydrogen-bond donors (Lipinski definition) is 0. The number of fused-ring (bicyclic) bond motifs is 2. The lowest BCUT2D eigenvalue weighted by atomic mass is 9.86. The van der Waals surface area contributed by atoms with Crippen LogP contribution in [0.4, 0.5) is 0 Å². The average Bonchev–Trinajstić information content (AvgIpc) is 2.78. The summed E-state index contributed by atoms with van der Waals surface area (Å²) in [7, 11) is 1.88. The van der Waals surface area contributed by atoms with E-state index in [-0.39, 0.29) is 16.4 Å². The van der Waals surface area contributed by atoms with Gasteiger partial charge in [-0.25, -0.2) is 4.98 Å². The van der Waals surface area contributed by atoms with Gasteiger partial charge in [-0.15, -0.1) is 0 Å². The molecule has 5 heteroatoms. The monoisotopic (exact) mass is 399 g/mol. The minimum atomic E-state index is -0.275. The van der Waals surface area contributed by atoms with E-state index in [1.165, 1.54) is 32.1 Å². The fourth-order valence-corrected chi connectivity index (χ4v) is 4.83. The first-order valence-corrected chi connectivity index (χ1v) is 10.7. The summed E-state index contributed by atoms with van der Waals surface area (Å²) in [6.07, 6.45) is 6.83. The second kappa shape index (κ2) is 7.56. The molecule has 0 N–H and O–H groups in total. The number of hydrogen-bond acceptors (Lipinski definition) is 3. The van der Waals surface area contributed by atoms with Crippen molar-refractivity contribution in [2.24, 2.45) is 13.0 Å². The molecule has 0 saturated heterocycles. The maximum Gasteiger partial charge on any atom is 0.271 e. The van der Waals surface area contributed by atoms with Gasteiger partial charge < -0.3 is 4.57 Å². The van der Waals surface area contributed by atoms with Crippen LogP contribution in [0.25, 0.3) is 27.6 Å². The van der Waals surface area contributed by atoms with Crippen LogP contribution in [0.3, 0.4) is 0 Å². The molecule has 5 nitrogen and oxygen atoms in total. The Bertz CT molecular complexity index is 1350. The van der Waals surface area contributed by atoms with E-state index in [1.807, 2.05) is 60.1 Å². The smallest absolute Gasteiger partial charge is 0.271 e. The summed E-state index contributed by atoms with van der Waals surface area (Å²) in [5.41, 5.74) is 1.51. The third-order valence-corrected chi connectivity index (χ3v) is 6.40. The molecule has 0 spiro atoms. The third kappa shape index (κ3) is 3.05. The van der Waals surface area contributed by atoms with E-state index in [9.17, 15) is 9.59 Å². The summed E-state index contributed by atoms with van der Waals surface area (Å²) < 4.78 is 3.54. The molecular weight excluding hydrogens is 374 g/mol. The van der Waals surface area contributed by atoms with E-state index < -0.39 is 0 Å². The van der Waals surface area contributed by atoms with Crippen molar-refractivity contribution in [3.8, 4) is 5.69 Å². The maximum absolute atomic E-state index is 13.7. The largest absolute Gasteiger partial charge is 0.328 e. The summed E-state index contributed by atoms with van der Waals surface area (Å²) in [4.78, 5) is 31.9. The van der Waals surface area contributed by atoms with Crippen molar-refractivity contribution in [1.29, 1.82) is 0 Å². The highest BCUT2D eigenvalue weighted by Gasteiger charge is 2.22. The highest BCUT2D eigenvalue weighted by atomic mass is 16.1. The van der Waals surface area contributed by atoms with Crippen LogP contribution in [0, 0.1) is 5.92 Å². The summed E-state index contributed by atoms with van der Waals surface area (Å²) in [6.45, 7) is 0. The third-order valence-electron chi connectivity index (χ3n) is 6.40. The maximum atomic E-state index is 13.7. The van der Waals surface area contributed by atoms with Gasteiger partial charge in [0.2, 0.25) is 5.43 Å². The van der Waals surface area contributed by atoms with Crippen LogP contribution in [-0.2, 0) is 13.5 Å². The fourth-order valence-electron chi connectivity index (χ4n) is 4.83. The van der Waals surface area contributed by atoms with Crippen molar-refractivity contribution in [3.63, 3.8) is 0 Å². The first-order valence-electron chi connectivity index (χ1n) is 10.7. The van der Waals surface area contributed by atoms with Crippen LogP contribution >= 0.6 is 0 Å². The van der Waals surface area contributed by atoms with Crippen LogP contribution in [0.5, 0.6) is 0 Å². The van der Waals surface area contributed by atoms with Gasteiger partial charge in [0, 0.05) is 18.9 Å². The standard InChI is InChI=1S/C25H25N3O2/c1-27-20-15-9-8-14-19(20)23(29)22-24(27)26-21(16-17-10-4-2-5-11-17)28(25(22)30)18-12-6-3-7-13-18/h3,6-9,12-15,17H,2,4-5,10-11,16H2,1H3. The minimum absolute atomic E-state index is 0.160. The Balaban J connectivity index is 1.84. The molecule has 4 aromatic rings. The predicted molar refractivity (Wildman–Crippen MR) is 120 cm³/mol. The molecule has 0 amide bonds. The van der Waals surface area contributed by atoms with Crippen molar-refractivity contribution in [3.05, 3.63) is 81.0 Å². The Morgan fingerprint density at radius 1 is 0.933 bits per heavy atom. The zero-order valence-electron chi connectivity index (χ0n) is 17.2.